The summed E-state index contributed by atoms with van der Waals surface area (Å²) < 4.78 is 2.17. The molecule has 1 amide bonds. The molecule has 0 spiro atoms. The lowest BCUT2D eigenvalue weighted by molar-refractivity contribution is -0.114. The average molecular weight is 399 g/mol. The summed E-state index contributed by atoms with van der Waals surface area (Å²) in [5.74, 6) is 1.08. The summed E-state index contributed by atoms with van der Waals surface area (Å²) in [4.78, 5) is 24.7. The molecule has 0 saturated heterocycles. The lowest BCUT2D eigenvalue weighted by atomic mass is 10.1. The quantitative estimate of drug-likeness (QED) is 0.475. The molecule has 0 unspecified atom stereocenters. The highest BCUT2D eigenvalue weighted by molar-refractivity contribution is 7.99. The minimum absolute atomic E-state index is 0.0254. The zero-order valence-corrected chi connectivity index (χ0v) is 16.3. The first-order valence-electron chi connectivity index (χ1n) is 8.64. The Hall–Kier alpha value is -2.45. The van der Waals surface area contributed by atoms with E-state index >= 15 is 0 Å². The van der Waals surface area contributed by atoms with Gasteiger partial charge < -0.3 is 5.32 Å². The van der Waals surface area contributed by atoms with E-state index in [9.17, 15) is 9.59 Å². The van der Waals surface area contributed by atoms with Crippen LogP contribution in [0.25, 0.3) is 10.7 Å². The number of aromatic nitrogens is 3. The highest BCUT2D eigenvalue weighted by Crippen LogP contribution is 2.41. The summed E-state index contributed by atoms with van der Waals surface area (Å²) in [6.45, 7) is 1.45. The highest BCUT2D eigenvalue weighted by atomic mass is 32.2. The molecule has 1 aliphatic carbocycles. The molecule has 0 bridgehead atoms. The van der Waals surface area contributed by atoms with E-state index in [0.29, 0.717) is 23.0 Å². The fraction of sp³-hybridized carbons (Fsp3) is 0.263. The molecule has 0 atom stereocenters. The van der Waals surface area contributed by atoms with Crippen molar-refractivity contribution in [2.24, 2.45) is 0 Å². The number of carbonyl (C=O) groups excluding carboxylic acids is 2. The number of carbonyl (C=O) groups is 2. The molecule has 4 rings (SSSR count). The maximum Gasteiger partial charge on any atom is 0.221 e. The molecule has 27 heavy (non-hydrogen) atoms. The van der Waals surface area contributed by atoms with E-state index in [-0.39, 0.29) is 11.7 Å². The van der Waals surface area contributed by atoms with Crippen LogP contribution in [0.3, 0.4) is 0 Å². The summed E-state index contributed by atoms with van der Waals surface area (Å²) in [7, 11) is 0. The van der Waals surface area contributed by atoms with Crippen LogP contribution in [0.2, 0.25) is 0 Å². The van der Waals surface area contributed by atoms with Crippen molar-refractivity contribution >= 4 is 40.5 Å². The van der Waals surface area contributed by atoms with Gasteiger partial charge in [-0.05, 0) is 48.6 Å². The molecule has 3 aromatic rings. The number of hydrogen-bond donors (Lipinski definition) is 1. The number of hydrogen-bond acceptors (Lipinski definition) is 6. The van der Waals surface area contributed by atoms with Crippen molar-refractivity contribution in [2.45, 2.75) is 31.0 Å². The number of benzene rings is 1. The molecule has 0 radical (unpaired) electrons. The highest BCUT2D eigenvalue weighted by Gasteiger charge is 2.30. The lowest BCUT2D eigenvalue weighted by Crippen LogP contribution is -2.07. The first kappa shape index (κ1) is 17.9. The molecular formula is C19H18N4O2S2. The van der Waals surface area contributed by atoms with Crippen LogP contribution in [-0.4, -0.2) is 32.2 Å². The maximum atomic E-state index is 12.5. The molecule has 1 aromatic carbocycles. The number of ketones is 1. The Kier molecular flexibility index (Phi) is 5.09. The van der Waals surface area contributed by atoms with E-state index in [1.807, 2.05) is 17.5 Å². The number of Topliss-reactive ketones (excluding diaryl/α,β-unsaturated/α-hetero) is 1. The van der Waals surface area contributed by atoms with Crippen LogP contribution in [-0.2, 0) is 4.79 Å². The van der Waals surface area contributed by atoms with E-state index in [1.54, 1.807) is 35.6 Å². The van der Waals surface area contributed by atoms with E-state index in [1.165, 1.54) is 18.7 Å². The van der Waals surface area contributed by atoms with Crippen LogP contribution in [0, 0.1) is 0 Å². The molecule has 8 heteroatoms. The van der Waals surface area contributed by atoms with E-state index < -0.39 is 0 Å². The van der Waals surface area contributed by atoms with Gasteiger partial charge in [-0.3, -0.25) is 14.2 Å². The van der Waals surface area contributed by atoms with Crippen molar-refractivity contribution in [2.75, 3.05) is 11.1 Å². The van der Waals surface area contributed by atoms with Crippen LogP contribution in [0.1, 0.15) is 36.2 Å². The fourth-order valence-corrected chi connectivity index (χ4v) is 4.37. The number of rotatable bonds is 7. The molecule has 2 heterocycles. The van der Waals surface area contributed by atoms with Crippen molar-refractivity contribution in [1.29, 1.82) is 0 Å². The predicted molar refractivity (Wildman–Crippen MR) is 107 cm³/mol. The Morgan fingerprint density at radius 3 is 2.63 bits per heavy atom. The Bertz CT molecular complexity index is 960. The van der Waals surface area contributed by atoms with Crippen molar-refractivity contribution in [1.82, 2.24) is 14.8 Å². The van der Waals surface area contributed by atoms with Gasteiger partial charge in [0.15, 0.2) is 16.8 Å². The third kappa shape index (κ3) is 4.12. The number of nitrogens with one attached hydrogen (secondary N) is 1. The summed E-state index contributed by atoms with van der Waals surface area (Å²) >= 11 is 3.07. The SMILES string of the molecule is CC(=O)Nc1ccc(C(=O)CSc2nnc(-c3cccs3)n2C2CC2)cc1. The second kappa shape index (κ2) is 7.66. The summed E-state index contributed by atoms with van der Waals surface area (Å²) in [5, 5.41) is 14.2. The molecule has 1 N–H and O–H groups in total. The Morgan fingerprint density at radius 2 is 2.00 bits per heavy atom. The normalized spacial score (nSPS) is 13.5. The first-order valence-corrected chi connectivity index (χ1v) is 10.5. The minimum atomic E-state index is -0.134. The molecule has 0 aliphatic heterocycles. The van der Waals surface area contributed by atoms with Crippen LogP contribution in [0.15, 0.2) is 46.9 Å². The third-order valence-electron chi connectivity index (χ3n) is 4.18. The molecule has 1 saturated carbocycles. The van der Waals surface area contributed by atoms with Crippen LogP contribution in [0.4, 0.5) is 5.69 Å². The number of thioether (sulfide) groups is 1. The van der Waals surface area contributed by atoms with Gasteiger partial charge in [0, 0.05) is 24.2 Å². The molecular weight excluding hydrogens is 380 g/mol. The van der Waals surface area contributed by atoms with Crippen LogP contribution >= 0.6 is 23.1 Å². The zero-order valence-electron chi connectivity index (χ0n) is 14.7. The fourth-order valence-electron chi connectivity index (χ4n) is 2.77. The lowest BCUT2D eigenvalue weighted by Gasteiger charge is -2.08. The van der Waals surface area contributed by atoms with Gasteiger partial charge in [0.1, 0.15) is 0 Å². The smallest absolute Gasteiger partial charge is 0.221 e. The molecule has 138 valence electrons. The van der Waals surface area contributed by atoms with Crippen molar-refractivity contribution < 1.29 is 9.59 Å². The Balaban J connectivity index is 1.46. The molecule has 6 nitrogen and oxygen atoms in total. The number of anilines is 1. The monoisotopic (exact) mass is 398 g/mol. The van der Waals surface area contributed by atoms with Crippen LogP contribution < -0.4 is 5.32 Å². The summed E-state index contributed by atoms with van der Waals surface area (Å²) in [6.07, 6.45) is 2.26. The average Bonchev–Trinajstić information content (AvgIpc) is 3.18. The van der Waals surface area contributed by atoms with Crippen LogP contribution in [0.5, 0.6) is 0 Å². The van der Waals surface area contributed by atoms with Crippen molar-refractivity contribution in [3.63, 3.8) is 0 Å². The van der Waals surface area contributed by atoms with Gasteiger partial charge >= 0.3 is 0 Å². The zero-order chi connectivity index (χ0) is 18.8. The topological polar surface area (TPSA) is 76.9 Å². The second-order valence-electron chi connectivity index (χ2n) is 6.36. The Labute approximate surface area is 165 Å². The van der Waals surface area contributed by atoms with E-state index in [4.69, 9.17) is 0 Å². The van der Waals surface area contributed by atoms with E-state index in [0.717, 1.165) is 28.7 Å². The minimum Gasteiger partial charge on any atom is -0.326 e. The van der Waals surface area contributed by atoms with E-state index in [2.05, 4.69) is 20.1 Å². The second-order valence-corrected chi connectivity index (χ2v) is 8.25. The Morgan fingerprint density at radius 1 is 1.22 bits per heavy atom. The maximum absolute atomic E-state index is 12.5. The van der Waals surface area contributed by atoms with Gasteiger partial charge in [-0.2, -0.15) is 0 Å². The van der Waals surface area contributed by atoms with Crippen molar-refractivity contribution in [3.05, 3.63) is 47.3 Å². The molecule has 1 aliphatic rings. The first-order chi connectivity index (χ1) is 13.1. The van der Waals surface area contributed by atoms with Gasteiger partial charge in [0.2, 0.25) is 5.91 Å². The standard InChI is InChI=1S/C19H18N4O2S2/c1-12(24)20-14-6-4-13(5-7-14)16(25)11-27-19-22-21-18(17-3-2-10-26-17)23(19)15-8-9-15/h2-7,10,15H,8-9,11H2,1H3,(H,20,24). The molecule has 2 aromatic heterocycles. The van der Waals surface area contributed by atoms with Gasteiger partial charge in [0.25, 0.3) is 0 Å². The third-order valence-corrected chi connectivity index (χ3v) is 5.99. The number of thiophene rings is 1. The van der Waals surface area contributed by atoms with Crippen molar-refractivity contribution in [3.8, 4) is 10.7 Å². The predicted octanol–water partition coefficient (Wildman–Crippen LogP) is 4.27. The number of nitrogens with zero attached hydrogens (tertiary/aromatic N) is 3. The largest absolute Gasteiger partial charge is 0.326 e. The number of amides is 1. The summed E-state index contributed by atoms with van der Waals surface area (Å²) in [5.41, 5.74) is 1.30. The van der Waals surface area contributed by atoms with Gasteiger partial charge in [-0.1, -0.05) is 17.8 Å². The van der Waals surface area contributed by atoms with Gasteiger partial charge in [-0.25, -0.2) is 0 Å². The van der Waals surface area contributed by atoms with Gasteiger partial charge in [-0.15, -0.1) is 21.5 Å². The molecule has 1 fully saturated rings. The summed E-state index contributed by atoms with van der Waals surface area (Å²) in [6, 6.07) is 11.4. The van der Waals surface area contributed by atoms with Gasteiger partial charge in [0.05, 0.1) is 10.6 Å².